The van der Waals surface area contributed by atoms with E-state index in [1.165, 1.54) is 29.7 Å². The molecule has 0 aromatic heterocycles. The quantitative estimate of drug-likeness (QED) is 0.233. The highest BCUT2D eigenvalue weighted by Crippen LogP contribution is 2.21. The zero-order valence-corrected chi connectivity index (χ0v) is 20.0. The molecule has 0 aliphatic carbocycles. The van der Waals surface area contributed by atoms with Crippen molar-refractivity contribution in [2.24, 2.45) is 4.99 Å². The molecule has 1 unspecified atom stereocenters. The Morgan fingerprint density at radius 3 is 2.52 bits per heavy atom. The van der Waals surface area contributed by atoms with Crippen LogP contribution in [0.5, 0.6) is 0 Å². The van der Waals surface area contributed by atoms with Crippen LogP contribution in [0, 0.1) is 6.92 Å². The summed E-state index contributed by atoms with van der Waals surface area (Å²) in [5.41, 5.74) is 2.64. The lowest BCUT2D eigenvalue weighted by molar-refractivity contribution is 0.0170. The van der Waals surface area contributed by atoms with Crippen molar-refractivity contribution in [2.75, 3.05) is 58.4 Å². The first-order chi connectivity index (χ1) is 12.7. The lowest BCUT2D eigenvalue weighted by Crippen LogP contribution is -2.46. The summed E-state index contributed by atoms with van der Waals surface area (Å²) in [5, 5.41) is 6.96. The lowest BCUT2D eigenvalue weighted by Gasteiger charge is -2.35. The predicted octanol–water partition coefficient (Wildman–Crippen LogP) is 3.29. The Balaban J connectivity index is 0.00000364. The third-order valence-corrected chi connectivity index (χ3v) is 5.40. The number of hydrogen-bond acceptors (Lipinski definition) is 4. The van der Waals surface area contributed by atoms with Crippen molar-refractivity contribution in [3.63, 3.8) is 0 Å². The number of unbranched alkanes of at least 4 members (excludes halogenated alkanes) is 1. The van der Waals surface area contributed by atoms with E-state index in [4.69, 9.17) is 4.74 Å². The first kappa shape index (κ1) is 24.5. The number of ether oxygens (including phenoxy) is 1. The Morgan fingerprint density at radius 2 is 1.89 bits per heavy atom. The topological polar surface area (TPSA) is 48.9 Å². The van der Waals surface area contributed by atoms with Gasteiger partial charge in [0.15, 0.2) is 5.96 Å². The number of aryl methyl sites for hydroxylation is 1. The van der Waals surface area contributed by atoms with Crippen molar-refractivity contribution in [1.29, 1.82) is 0 Å². The van der Waals surface area contributed by atoms with Crippen molar-refractivity contribution in [3.8, 4) is 0 Å². The summed E-state index contributed by atoms with van der Waals surface area (Å²) in [7, 11) is 1.84. The van der Waals surface area contributed by atoms with E-state index in [2.05, 4.69) is 58.0 Å². The third kappa shape index (κ3) is 9.02. The van der Waals surface area contributed by atoms with Gasteiger partial charge >= 0.3 is 0 Å². The van der Waals surface area contributed by atoms with Gasteiger partial charge in [-0.1, -0.05) is 29.8 Å². The number of nitrogens with one attached hydrogen (secondary N) is 2. The highest BCUT2D eigenvalue weighted by atomic mass is 127. The second kappa shape index (κ2) is 14.5. The molecule has 1 atom stereocenters. The maximum absolute atomic E-state index is 5.54. The fourth-order valence-corrected chi connectivity index (χ4v) is 3.62. The van der Waals surface area contributed by atoms with Gasteiger partial charge in [-0.15, -0.1) is 24.0 Å². The standard InChI is InChI=1S/C20H34N4OS.HI/c1-17-6-8-18(9-7-17)19(24-11-13-25-14-12-24)16-23-20(21-2)22-10-4-5-15-26-3;/h6-9,19H,4-5,10-16H2,1-3H3,(H2,21,22,23);1H. The summed E-state index contributed by atoms with van der Waals surface area (Å²) in [4.78, 5) is 6.88. The zero-order valence-electron chi connectivity index (χ0n) is 16.9. The van der Waals surface area contributed by atoms with E-state index in [1.807, 2.05) is 18.8 Å². The van der Waals surface area contributed by atoms with Crippen molar-refractivity contribution < 1.29 is 4.74 Å². The molecule has 1 aliphatic rings. The molecule has 1 fully saturated rings. The molecular weight excluding hydrogens is 471 g/mol. The molecule has 1 aromatic carbocycles. The van der Waals surface area contributed by atoms with Gasteiger partial charge in [0.2, 0.25) is 0 Å². The molecule has 154 valence electrons. The molecule has 0 spiro atoms. The molecule has 1 aliphatic heterocycles. The van der Waals surface area contributed by atoms with Crippen LogP contribution >= 0.6 is 35.7 Å². The molecular formula is C20H35IN4OS. The van der Waals surface area contributed by atoms with Crippen molar-refractivity contribution in [2.45, 2.75) is 25.8 Å². The zero-order chi connectivity index (χ0) is 18.6. The number of halogens is 1. The van der Waals surface area contributed by atoms with Crippen molar-refractivity contribution >= 4 is 41.7 Å². The smallest absolute Gasteiger partial charge is 0.191 e. The highest BCUT2D eigenvalue weighted by Gasteiger charge is 2.22. The van der Waals surface area contributed by atoms with Crippen molar-refractivity contribution in [1.82, 2.24) is 15.5 Å². The van der Waals surface area contributed by atoms with Crippen LogP contribution in [0.3, 0.4) is 0 Å². The Morgan fingerprint density at radius 1 is 1.19 bits per heavy atom. The Bertz CT molecular complexity index is 535. The minimum Gasteiger partial charge on any atom is -0.379 e. The summed E-state index contributed by atoms with van der Waals surface area (Å²) in [6, 6.07) is 9.21. The minimum atomic E-state index is 0. The van der Waals surface area contributed by atoms with E-state index in [1.54, 1.807) is 0 Å². The maximum Gasteiger partial charge on any atom is 0.191 e. The molecule has 0 bridgehead atoms. The van der Waals surface area contributed by atoms with Gasteiger partial charge in [0.05, 0.1) is 19.3 Å². The number of rotatable bonds is 9. The van der Waals surface area contributed by atoms with E-state index >= 15 is 0 Å². The molecule has 5 nitrogen and oxygen atoms in total. The van der Waals surface area contributed by atoms with Crippen LogP contribution in [-0.4, -0.2) is 69.3 Å². The Kier molecular flexibility index (Phi) is 13.2. The Labute approximate surface area is 186 Å². The van der Waals surface area contributed by atoms with Crippen LogP contribution in [0.25, 0.3) is 0 Å². The average molecular weight is 506 g/mol. The van der Waals surface area contributed by atoms with Gasteiger partial charge in [-0.05, 0) is 37.3 Å². The fourth-order valence-electron chi connectivity index (χ4n) is 3.13. The average Bonchev–Trinajstić information content (AvgIpc) is 2.68. The van der Waals surface area contributed by atoms with Gasteiger partial charge in [-0.2, -0.15) is 11.8 Å². The molecule has 2 rings (SSSR count). The van der Waals surface area contributed by atoms with Crippen LogP contribution in [0.2, 0.25) is 0 Å². The molecule has 1 heterocycles. The van der Waals surface area contributed by atoms with E-state index in [-0.39, 0.29) is 24.0 Å². The lowest BCUT2D eigenvalue weighted by atomic mass is 10.0. The molecule has 0 saturated carbocycles. The number of morpholine rings is 1. The molecule has 1 aromatic rings. The molecule has 27 heavy (non-hydrogen) atoms. The fraction of sp³-hybridized carbons (Fsp3) is 0.650. The normalized spacial score (nSPS) is 16.5. The third-order valence-electron chi connectivity index (χ3n) is 4.70. The van der Waals surface area contributed by atoms with Crippen LogP contribution < -0.4 is 10.6 Å². The molecule has 7 heteroatoms. The Hall–Kier alpha value is -0.510. The number of aliphatic imine (C=N–C) groups is 1. The van der Waals surface area contributed by atoms with Gasteiger partial charge < -0.3 is 15.4 Å². The number of thioether (sulfide) groups is 1. The molecule has 0 amide bonds. The van der Waals surface area contributed by atoms with Crippen molar-refractivity contribution in [3.05, 3.63) is 35.4 Å². The largest absolute Gasteiger partial charge is 0.379 e. The minimum absolute atomic E-state index is 0. The van der Waals surface area contributed by atoms with Gasteiger partial charge in [0, 0.05) is 33.2 Å². The summed E-state index contributed by atoms with van der Waals surface area (Å²) in [6.07, 6.45) is 4.57. The van der Waals surface area contributed by atoms with Gasteiger partial charge in [0.25, 0.3) is 0 Å². The molecule has 1 saturated heterocycles. The van der Waals surface area contributed by atoms with Gasteiger partial charge in [0.1, 0.15) is 0 Å². The number of guanidine groups is 1. The van der Waals surface area contributed by atoms with Gasteiger partial charge in [-0.3, -0.25) is 9.89 Å². The van der Waals surface area contributed by atoms with Crippen LogP contribution in [-0.2, 0) is 4.74 Å². The number of hydrogen-bond donors (Lipinski definition) is 2. The first-order valence-electron chi connectivity index (χ1n) is 9.56. The SMILES string of the molecule is CN=C(NCCCCSC)NCC(c1ccc(C)cc1)N1CCOCC1.I. The van der Waals surface area contributed by atoms with Gasteiger partial charge in [-0.25, -0.2) is 0 Å². The summed E-state index contributed by atoms with van der Waals surface area (Å²) in [6.45, 7) is 7.51. The van der Waals surface area contributed by atoms with E-state index in [0.717, 1.165) is 45.4 Å². The van der Waals surface area contributed by atoms with E-state index in [9.17, 15) is 0 Å². The van der Waals surface area contributed by atoms with Crippen LogP contribution in [0.15, 0.2) is 29.3 Å². The highest BCUT2D eigenvalue weighted by molar-refractivity contribution is 14.0. The van der Waals surface area contributed by atoms with E-state index < -0.39 is 0 Å². The van der Waals surface area contributed by atoms with Crippen LogP contribution in [0.1, 0.15) is 30.0 Å². The number of benzene rings is 1. The summed E-state index contributed by atoms with van der Waals surface area (Å²) in [5.74, 6) is 2.11. The molecule has 2 N–H and O–H groups in total. The molecule has 0 radical (unpaired) electrons. The second-order valence-corrected chi connectivity index (χ2v) is 7.64. The summed E-state index contributed by atoms with van der Waals surface area (Å²) < 4.78 is 5.54. The first-order valence-corrected chi connectivity index (χ1v) is 11.0. The monoisotopic (exact) mass is 506 g/mol. The predicted molar refractivity (Wildman–Crippen MR) is 129 cm³/mol. The second-order valence-electron chi connectivity index (χ2n) is 6.65. The van der Waals surface area contributed by atoms with Crippen LogP contribution in [0.4, 0.5) is 0 Å². The van der Waals surface area contributed by atoms with E-state index in [0.29, 0.717) is 6.04 Å². The number of nitrogens with zero attached hydrogens (tertiary/aromatic N) is 2. The summed E-state index contributed by atoms with van der Waals surface area (Å²) >= 11 is 1.91. The maximum atomic E-state index is 5.54.